The fourth-order valence-electron chi connectivity index (χ4n) is 6.09. The van der Waals surface area contributed by atoms with Crippen molar-refractivity contribution in [3.63, 3.8) is 0 Å². The molecule has 3 aromatic carbocycles. The highest BCUT2D eigenvalue weighted by Gasteiger charge is 2.39. The van der Waals surface area contributed by atoms with Gasteiger partial charge in [0.1, 0.15) is 28.2 Å². The van der Waals surface area contributed by atoms with Crippen molar-refractivity contribution in [1.82, 2.24) is 8.87 Å². The number of fused-ring (bicyclic) bond motifs is 1. The van der Waals surface area contributed by atoms with E-state index < -0.39 is 16.1 Å². The lowest BCUT2D eigenvalue weighted by molar-refractivity contribution is 0.0915. The number of rotatable bonds is 12. The Hall–Kier alpha value is -4.02. The summed E-state index contributed by atoms with van der Waals surface area (Å²) in [5.74, 6) is 1.72. The van der Waals surface area contributed by atoms with Crippen LogP contribution in [0.15, 0.2) is 71.6 Å². The molecule has 0 bridgehead atoms. The van der Waals surface area contributed by atoms with Crippen LogP contribution in [0.2, 0.25) is 0 Å². The Morgan fingerprint density at radius 3 is 2.26 bits per heavy atom. The third kappa shape index (κ3) is 5.57. The lowest BCUT2D eigenvalue weighted by Crippen LogP contribution is -2.29. The molecule has 0 amide bonds. The quantitative estimate of drug-likeness (QED) is 0.180. The van der Waals surface area contributed by atoms with Crippen LogP contribution in [0.1, 0.15) is 54.1 Å². The van der Waals surface area contributed by atoms with Gasteiger partial charge in [-0.2, -0.15) is 4.31 Å². The Labute approximate surface area is 253 Å². The molecule has 228 valence electrons. The second-order valence-corrected chi connectivity index (χ2v) is 12.5. The first kappa shape index (κ1) is 30.4. The van der Waals surface area contributed by atoms with Gasteiger partial charge in [0.25, 0.3) is 0 Å². The summed E-state index contributed by atoms with van der Waals surface area (Å²) in [4.78, 5) is 14.0. The number of methoxy groups -OCH3 is 4. The molecule has 1 saturated heterocycles. The van der Waals surface area contributed by atoms with E-state index in [1.807, 2.05) is 53.1 Å². The van der Waals surface area contributed by atoms with E-state index in [-0.39, 0.29) is 28.9 Å². The Bertz CT molecular complexity index is 1720. The summed E-state index contributed by atoms with van der Waals surface area (Å²) < 4.78 is 53.7. The standard InChI is InChI=1S/C33H38N2O7S/c1-6-10-28(32(36)22-11-8-7-9-12-22)35-27-15-13-24(39-2)19-26(27)31(33(35)42-5)23-17-18-34(21-23)43(37,38)30-20-25(40-3)14-16-29(30)41-4/h7-9,11-16,19-20,23,28H,6,10,17-18,21H2,1-5H3. The van der Waals surface area contributed by atoms with Crippen LogP contribution < -0.4 is 18.9 Å². The van der Waals surface area contributed by atoms with E-state index >= 15 is 0 Å². The molecule has 4 aromatic rings. The molecular formula is C33H38N2O7S. The molecule has 10 heteroatoms. The second-order valence-electron chi connectivity index (χ2n) is 10.6. The van der Waals surface area contributed by atoms with Crippen molar-refractivity contribution in [1.29, 1.82) is 0 Å². The van der Waals surface area contributed by atoms with Gasteiger partial charge in [-0.3, -0.25) is 4.79 Å². The van der Waals surface area contributed by atoms with E-state index in [0.717, 1.165) is 22.9 Å². The van der Waals surface area contributed by atoms with Gasteiger partial charge in [-0.15, -0.1) is 0 Å². The summed E-state index contributed by atoms with van der Waals surface area (Å²) in [7, 11) is 2.25. The average Bonchev–Trinajstić information content (AvgIpc) is 3.66. The molecule has 0 aliphatic carbocycles. The van der Waals surface area contributed by atoms with Gasteiger partial charge in [0.05, 0.1) is 34.0 Å². The third-order valence-corrected chi connectivity index (χ3v) is 10.1. The number of ketones is 1. The molecule has 1 aromatic heterocycles. The molecule has 9 nitrogen and oxygen atoms in total. The summed E-state index contributed by atoms with van der Waals surface area (Å²) in [6.45, 7) is 2.61. The minimum atomic E-state index is -3.91. The zero-order valence-corrected chi connectivity index (χ0v) is 26.0. The fraction of sp³-hybridized carbons (Fsp3) is 0.364. The number of aromatic nitrogens is 1. The lowest BCUT2D eigenvalue weighted by Gasteiger charge is -2.22. The average molecular weight is 607 g/mol. The largest absolute Gasteiger partial charge is 0.497 e. The van der Waals surface area contributed by atoms with Crippen molar-refractivity contribution >= 4 is 26.7 Å². The Kier molecular flexibility index (Phi) is 8.98. The van der Waals surface area contributed by atoms with Gasteiger partial charge in [-0.1, -0.05) is 43.7 Å². The summed E-state index contributed by atoms with van der Waals surface area (Å²) in [6.07, 6.45) is 1.97. The molecule has 0 N–H and O–H groups in total. The summed E-state index contributed by atoms with van der Waals surface area (Å²) in [5.41, 5.74) is 2.34. The molecule has 5 rings (SSSR count). The highest BCUT2D eigenvalue weighted by Crippen LogP contribution is 2.46. The van der Waals surface area contributed by atoms with Crippen molar-refractivity contribution in [2.45, 2.75) is 43.0 Å². The molecular weight excluding hydrogens is 568 g/mol. The number of hydrogen-bond acceptors (Lipinski definition) is 7. The zero-order valence-electron chi connectivity index (χ0n) is 25.2. The number of nitrogens with zero attached hydrogens (tertiary/aromatic N) is 2. The van der Waals surface area contributed by atoms with Crippen LogP contribution in [-0.4, -0.2) is 64.6 Å². The Morgan fingerprint density at radius 1 is 0.907 bits per heavy atom. The van der Waals surface area contributed by atoms with Crippen molar-refractivity contribution in [3.8, 4) is 23.1 Å². The van der Waals surface area contributed by atoms with E-state index in [2.05, 4.69) is 6.92 Å². The van der Waals surface area contributed by atoms with Crippen molar-refractivity contribution in [2.75, 3.05) is 41.5 Å². The summed E-state index contributed by atoms with van der Waals surface area (Å²) in [5, 5.41) is 0.876. The molecule has 1 fully saturated rings. The Balaban J connectivity index is 1.62. The monoisotopic (exact) mass is 606 g/mol. The molecule has 0 radical (unpaired) electrons. The van der Waals surface area contributed by atoms with E-state index in [4.69, 9.17) is 18.9 Å². The molecule has 1 aliphatic heterocycles. The van der Waals surface area contributed by atoms with Gasteiger partial charge < -0.3 is 23.5 Å². The minimum absolute atomic E-state index is 0.000708. The molecule has 43 heavy (non-hydrogen) atoms. The fourth-order valence-corrected chi connectivity index (χ4v) is 7.76. The zero-order chi connectivity index (χ0) is 30.7. The minimum Gasteiger partial charge on any atom is -0.497 e. The number of carbonyl (C=O) groups excluding carboxylic acids is 1. The van der Waals surface area contributed by atoms with Crippen LogP contribution >= 0.6 is 0 Å². The van der Waals surface area contributed by atoms with Gasteiger partial charge in [0, 0.05) is 41.6 Å². The number of hydrogen-bond donors (Lipinski definition) is 0. The molecule has 2 atom stereocenters. The van der Waals surface area contributed by atoms with Crippen molar-refractivity contribution in [3.05, 3.63) is 77.9 Å². The number of ether oxygens (including phenoxy) is 4. The maximum Gasteiger partial charge on any atom is 0.246 e. The number of benzene rings is 3. The van der Waals surface area contributed by atoms with Crippen molar-refractivity contribution < 1.29 is 32.2 Å². The summed E-state index contributed by atoms with van der Waals surface area (Å²) in [6, 6.07) is 19.3. The Morgan fingerprint density at radius 2 is 1.60 bits per heavy atom. The van der Waals surface area contributed by atoms with Gasteiger partial charge >= 0.3 is 0 Å². The normalized spacial score (nSPS) is 16.3. The van der Waals surface area contributed by atoms with Crippen molar-refractivity contribution in [2.24, 2.45) is 0 Å². The van der Waals surface area contributed by atoms with E-state index in [9.17, 15) is 13.2 Å². The number of carbonyl (C=O) groups is 1. The van der Waals surface area contributed by atoms with E-state index in [1.165, 1.54) is 24.6 Å². The van der Waals surface area contributed by atoms with Crippen LogP contribution in [0.3, 0.4) is 0 Å². The molecule has 0 saturated carbocycles. The van der Waals surface area contributed by atoms with Gasteiger partial charge in [0.15, 0.2) is 11.7 Å². The first-order valence-electron chi connectivity index (χ1n) is 14.4. The third-order valence-electron chi connectivity index (χ3n) is 8.18. The van der Waals surface area contributed by atoms with Crippen LogP contribution in [-0.2, 0) is 10.0 Å². The number of Topliss-reactive ketones (excluding diaryl/α,β-unsaturated/α-hetero) is 1. The first-order chi connectivity index (χ1) is 20.8. The predicted octanol–water partition coefficient (Wildman–Crippen LogP) is 6.08. The smallest absolute Gasteiger partial charge is 0.246 e. The topological polar surface area (TPSA) is 96.3 Å². The highest BCUT2D eigenvalue weighted by atomic mass is 32.2. The second kappa shape index (κ2) is 12.7. The van der Waals surface area contributed by atoms with Gasteiger partial charge in [-0.25, -0.2) is 8.42 Å². The predicted molar refractivity (Wildman–Crippen MR) is 165 cm³/mol. The van der Waals surface area contributed by atoms with Crippen LogP contribution in [0.25, 0.3) is 10.9 Å². The van der Waals surface area contributed by atoms with Crippen LogP contribution in [0.5, 0.6) is 23.1 Å². The SMILES string of the molecule is CCCC(C(=O)c1ccccc1)n1c(OC)c(C2CCN(S(=O)(=O)c3cc(OC)ccc3OC)C2)c2cc(OC)ccc21. The van der Waals surface area contributed by atoms with E-state index in [1.54, 1.807) is 26.4 Å². The van der Waals surface area contributed by atoms with Crippen LogP contribution in [0, 0.1) is 0 Å². The molecule has 2 unspecified atom stereocenters. The highest BCUT2D eigenvalue weighted by molar-refractivity contribution is 7.89. The summed E-state index contributed by atoms with van der Waals surface area (Å²) >= 11 is 0. The maximum atomic E-state index is 13.9. The van der Waals surface area contributed by atoms with Gasteiger partial charge in [-0.05, 0) is 43.2 Å². The maximum absolute atomic E-state index is 13.9. The number of sulfonamides is 1. The van der Waals surface area contributed by atoms with Crippen LogP contribution in [0.4, 0.5) is 0 Å². The lowest BCUT2D eigenvalue weighted by atomic mass is 9.97. The first-order valence-corrected chi connectivity index (χ1v) is 15.8. The molecule has 0 spiro atoms. The molecule has 2 heterocycles. The van der Waals surface area contributed by atoms with E-state index in [0.29, 0.717) is 42.3 Å². The molecule has 1 aliphatic rings. The van der Waals surface area contributed by atoms with Gasteiger partial charge in [0.2, 0.25) is 10.0 Å².